The molecule has 0 bridgehead atoms. The second-order valence-corrected chi connectivity index (χ2v) is 4.30. The van der Waals surface area contributed by atoms with Crippen molar-refractivity contribution in [2.75, 3.05) is 16.8 Å². The summed E-state index contributed by atoms with van der Waals surface area (Å²) in [5, 5.41) is 2.20. The molecule has 22 heavy (non-hydrogen) atoms. The molecule has 0 aliphatic heterocycles. The van der Waals surface area contributed by atoms with Gasteiger partial charge in [-0.3, -0.25) is 4.79 Å². The maximum Gasteiger partial charge on any atom is 0.419 e. The number of nitrogens with one attached hydrogen (secondary N) is 1. The van der Waals surface area contributed by atoms with Crippen LogP contribution in [0.1, 0.15) is 15.9 Å². The average molecular weight is 314 g/mol. The molecule has 0 saturated heterocycles. The van der Waals surface area contributed by atoms with Gasteiger partial charge in [-0.15, -0.1) is 0 Å². The molecule has 2 aromatic rings. The SMILES string of the molecule is Nc1nccc(C(=O)Nc2ccc(F)c(C(F)(F)F)c2)c1N. The molecule has 116 valence electrons. The highest BCUT2D eigenvalue weighted by molar-refractivity contribution is 6.08. The number of hydrogen-bond donors (Lipinski definition) is 3. The lowest BCUT2D eigenvalue weighted by atomic mass is 10.1. The number of benzene rings is 1. The van der Waals surface area contributed by atoms with E-state index in [9.17, 15) is 22.4 Å². The fourth-order valence-corrected chi connectivity index (χ4v) is 1.71. The normalized spacial score (nSPS) is 11.3. The molecule has 0 fully saturated rings. The van der Waals surface area contributed by atoms with Gasteiger partial charge in [0.25, 0.3) is 5.91 Å². The molecule has 1 heterocycles. The Labute approximate surface area is 121 Å². The Balaban J connectivity index is 2.31. The van der Waals surface area contributed by atoms with Gasteiger partial charge in [0.2, 0.25) is 0 Å². The zero-order valence-electron chi connectivity index (χ0n) is 10.9. The first-order chi connectivity index (χ1) is 10.2. The number of carbonyl (C=O) groups excluding carboxylic acids is 1. The van der Waals surface area contributed by atoms with Crippen LogP contribution >= 0.6 is 0 Å². The van der Waals surface area contributed by atoms with Gasteiger partial charge in [0.05, 0.1) is 16.8 Å². The predicted molar refractivity (Wildman–Crippen MR) is 72.4 cm³/mol. The number of halogens is 4. The topological polar surface area (TPSA) is 94.0 Å². The lowest BCUT2D eigenvalue weighted by Crippen LogP contribution is -2.16. The van der Waals surface area contributed by atoms with E-state index in [4.69, 9.17) is 11.5 Å². The van der Waals surface area contributed by atoms with E-state index >= 15 is 0 Å². The highest BCUT2D eigenvalue weighted by Gasteiger charge is 2.34. The van der Waals surface area contributed by atoms with Crippen LogP contribution in [-0.2, 0) is 6.18 Å². The van der Waals surface area contributed by atoms with Crippen molar-refractivity contribution in [2.45, 2.75) is 6.18 Å². The number of nitrogens with zero attached hydrogens (tertiary/aromatic N) is 1. The fraction of sp³-hybridized carbons (Fsp3) is 0.0769. The summed E-state index contributed by atoms with van der Waals surface area (Å²) in [7, 11) is 0. The van der Waals surface area contributed by atoms with Crippen molar-refractivity contribution in [2.24, 2.45) is 0 Å². The second kappa shape index (κ2) is 5.51. The Kier molecular flexibility index (Phi) is 3.89. The Morgan fingerprint density at radius 1 is 1.18 bits per heavy atom. The van der Waals surface area contributed by atoms with E-state index in [1.54, 1.807) is 0 Å². The zero-order chi connectivity index (χ0) is 16.5. The van der Waals surface area contributed by atoms with Crippen molar-refractivity contribution in [1.29, 1.82) is 0 Å². The van der Waals surface area contributed by atoms with Crippen LogP contribution in [0.4, 0.5) is 34.8 Å². The van der Waals surface area contributed by atoms with Gasteiger partial charge in [-0.1, -0.05) is 0 Å². The first-order valence-electron chi connectivity index (χ1n) is 5.88. The van der Waals surface area contributed by atoms with E-state index < -0.39 is 23.5 Å². The van der Waals surface area contributed by atoms with Crippen molar-refractivity contribution >= 4 is 23.1 Å². The van der Waals surface area contributed by atoms with E-state index in [1.807, 2.05) is 0 Å². The van der Waals surface area contributed by atoms with E-state index in [2.05, 4.69) is 10.3 Å². The maximum absolute atomic E-state index is 13.2. The molecule has 0 aliphatic carbocycles. The Bertz CT molecular complexity index is 730. The lowest BCUT2D eigenvalue weighted by Gasteiger charge is -2.12. The summed E-state index contributed by atoms with van der Waals surface area (Å²) >= 11 is 0. The summed E-state index contributed by atoms with van der Waals surface area (Å²) in [5.41, 5.74) is 9.15. The highest BCUT2D eigenvalue weighted by Crippen LogP contribution is 2.33. The molecule has 0 spiro atoms. The number of rotatable bonds is 2. The third kappa shape index (κ3) is 3.08. The van der Waals surface area contributed by atoms with Gasteiger partial charge in [0.15, 0.2) is 0 Å². The monoisotopic (exact) mass is 314 g/mol. The van der Waals surface area contributed by atoms with Gasteiger partial charge >= 0.3 is 6.18 Å². The molecule has 5 nitrogen and oxygen atoms in total. The van der Waals surface area contributed by atoms with Crippen molar-refractivity contribution in [3.8, 4) is 0 Å². The quantitative estimate of drug-likeness (QED) is 0.743. The molecule has 5 N–H and O–H groups in total. The molecule has 0 unspecified atom stereocenters. The van der Waals surface area contributed by atoms with Gasteiger partial charge in [0.1, 0.15) is 11.6 Å². The number of aromatic nitrogens is 1. The van der Waals surface area contributed by atoms with Crippen LogP contribution in [0.25, 0.3) is 0 Å². The Morgan fingerprint density at radius 3 is 2.50 bits per heavy atom. The number of carbonyl (C=O) groups is 1. The zero-order valence-corrected chi connectivity index (χ0v) is 10.9. The maximum atomic E-state index is 13.2. The average Bonchev–Trinajstić information content (AvgIpc) is 2.42. The van der Waals surface area contributed by atoms with Gasteiger partial charge in [-0.25, -0.2) is 9.37 Å². The molecule has 0 atom stereocenters. The lowest BCUT2D eigenvalue weighted by molar-refractivity contribution is -0.139. The van der Waals surface area contributed by atoms with Crippen molar-refractivity contribution in [3.05, 3.63) is 47.4 Å². The fourth-order valence-electron chi connectivity index (χ4n) is 1.71. The minimum absolute atomic E-state index is 0.0506. The van der Waals surface area contributed by atoms with Crippen LogP contribution in [-0.4, -0.2) is 10.9 Å². The first kappa shape index (κ1) is 15.5. The number of alkyl halides is 3. The van der Waals surface area contributed by atoms with Crippen LogP contribution in [0.2, 0.25) is 0 Å². The van der Waals surface area contributed by atoms with E-state index in [1.165, 1.54) is 12.3 Å². The van der Waals surface area contributed by atoms with E-state index in [-0.39, 0.29) is 22.8 Å². The minimum Gasteiger partial charge on any atom is -0.395 e. The summed E-state index contributed by atoms with van der Waals surface area (Å²) in [6, 6.07) is 3.37. The molecule has 0 radical (unpaired) electrons. The van der Waals surface area contributed by atoms with Crippen LogP contribution in [0.3, 0.4) is 0 Å². The first-order valence-corrected chi connectivity index (χ1v) is 5.88. The van der Waals surface area contributed by atoms with Gasteiger partial charge < -0.3 is 16.8 Å². The third-order valence-corrected chi connectivity index (χ3v) is 2.80. The highest BCUT2D eigenvalue weighted by atomic mass is 19.4. The standard InChI is InChI=1S/C13H10F4N4O/c14-9-2-1-6(5-8(9)13(15,16)17)21-12(22)7-3-4-20-11(19)10(7)18/h1-5H,18H2,(H2,19,20)(H,21,22). The molecule has 0 aliphatic rings. The van der Waals surface area contributed by atoms with Crippen LogP contribution < -0.4 is 16.8 Å². The van der Waals surface area contributed by atoms with E-state index in [0.717, 1.165) is 6.07 Å². The number of nitrogen functional groups attached to an aromatic ring is 2. The van der Waals surface area contributed by atoms with Gasteiger partial charge in [0, 0.05) is 11.9 Å². The number of pyridine rings is 1. The molecular formula is C13H10F4N4O. The number of anilines is 3. The number of nitrogens with two attached hydrogens (primary N) is 2. The second-order valence-electron chi connectivity index (χ2n) is 4.30. The predicted octanol–water partition coefficient (Wildman–Crippen LogP) is 2.66. The molecule has 0 saturated carbocycles. The summed E-state index contributed by atoms with van der Waals surface area (Å²) in [6.07, 6.45) is -3.64. The number of amides is 1. The summed E-state index contributed by atoms with van der Waals surface area (Å²) in [5.74, 6) is -2.30. The van der Waals surface area contributed by atoms with Crippen LogP contribution in [0, 0.1) is 5.82 Å². The largest absolute Gasteiger partial charge is 0.419 e. The molecule has 1 aromatic heterocycles. The summed E-state index contributed by atoms with van der Waals surface area (Å²) in [6.45, 7) is 0. The summed E-state index contributed by atoms with van der Waals surface area (Å²) in [4.78, 5) is 15.6. The smallest absolute Gasteiger partial charge is 0.395 e. The Morgan fingerprint density at radius 2 is 1.86 bits per heavy atom. The third-order valence-electron chi connectivity index (χ3n) is 2.80. The Hall–Kier alpha value is -2.84. The van der Waals surface area contributed by atoms with Crippen LogP contribution in [0.5, 0.6) is 0 Å². The molecule has 2 rings (SSSR count). The van der Waals surface area contributed by atoms with Crippen molar-refractivity contribution in [3.63, 3.8) is 0 Å². The molecular weight excluding hydrogens is 304 g/mol. The van der Waals surface area contributed by atoms with Gasteiger partial charge in [-0.05, 0) is 24.3 Å². The van der Waals surface area contributed by atoms with E-state index in [0.29, 0.717) is 12.1 Å². The summed E-state index contributed by atoms with van der Waals surface area (Å²) < 4.78 is 51.0. The molecule has 1 aromatic carbocycles. The number of hydrogen-bond acceptors (Lipinski definition) is 4. The minimum atomic E-state index is -4.87. The van der Waals surface area contributed by atoms with Crippen molar-refractivity contribution in [1.82, 2.24) is 4.98 Å². The van der Waals surface area contributed by atoms with Crippen molar-refractivity contribution < 1.29 is 22.4 Å². The van der Waals surface area contributed by atoms with Gasteiger partial charge in [-0.2, -0.15) is 13.2 Å². The molecule has 9 heteroatoms. The van der Waals surface area contributed by atoms with Crippen LogP contribution in [0.15, 0.2) is 30.5 Å². The molecule has 1 amide bonds.